The number of ether oxygens (including phenoxy) is 1. The molecule has 0 bridgehead atoms. The average molecular weight is 527 g/mol. The predicted octanol–water partition coefficient (Wildman–Crippen LogP) is 7.90. The highest BCUT2D eigenvalue weighted by Crippen LogP contribution is 2.37. The van der Waals surface area contributed by atoms with E-state index in [1.54, 1.807) is 6.07 Å². The first kappa shape index (κ1) is 28.2. The number of rotatable bonds is 10. The molecular formula is C29H39ClN2O3Si. The number of carbonyl (C=O) groups excluding carboxylic acids is 1. The fourth-order valence-electron chi connectivity index (χ4n) is 3.82. The number of aryl methyl sites for hydroxylation is 1. The van der Waals surface area contributed by atoms with E-state index in [-0.39, 0.29) is 11.0 Å². The number of methoxy groups -OCH3 is 1. The summed E-state index contributed by atoms with van der Waals surface area (Å²) in [6.45, 7) is 14.5. The highest BCUT2D eigenvalue weighted by Gasteiger charge is 2.37. The Labute approximate surface area is 221 Å². The van der Waals surface area contributed by atoms with E-state index in [1.807, 2.05) is 30.3 Å². The smallest absolute Gasteiger partial charge is 0.338 e. The summed E-state index contributed by atoms with van der Waals surface area (Å²) in [6, 6.07) is 15.8. The molecule has 194 valence electrons. The molecule has 7 heteroatoms. The molecule has 1 aromatic heterocycles. The molecule has 0 aliphatic rings. The van der Waals surface area contributed by atoms with Gasteiger partial charge in [-0.2, -0.15) is 0 Å². The topological polar surface area (TPSA) is 53.4 Å². The lowest BCUT2D eigenvalue weighted by atomic mass is 9.98. The standard InChI is InChI=1S/C29H39ClN2O3Si/c1-8-9-14-26-31-27(30)25(20-35-36(6,7)29(2,3)4)32(26)19-21-15-17-22(18-16-21)23-12-10-11-13-24(23)28(33)34-5/h10-13,15-18H,8-9,14,19-20H2,1-7H3. The minimum absolute atomic E-state index is 0.117. The first-order chi connectivity index (χ1) is 17.0. The molecule has 0 amide bonds. The Morgan fingerprint density at radius 2 is 1.75 bits per heavy atom. The molecule has 0 unspecified atom stereocenters. The van der Waals surface area contributed by atoms with Crippen molar-refractivity contribution < 1.29 is 14.0 Å². The molecule has 0 radical (unpaired) electrons. The van der Waals surface area contributed by atoms with E-state index in [9.17, 15) is 4.79 Å². The van der Waals surface area contributed by atoms with Crippen LogP contribution < -0.4 is 0 Å². The summed E-state index contributed by atoms with van der Waals surface area (Å²) in [5.74, 6) is 0.658. The molecule has 1 heterocycles. The molecule has 0 saturated carbocycles. The van der Waals surface area contributed by atoms with Gasteiger partial charge in [0, 0.05) is 13.0 Å². The Hall–Kier alpha value is -2.41. The van der Waals surface area contributed by atoms with Gasteiger partial charge in [-0.1, -0.05) is 88.2 Å². The number of esters is 1. The summed E-state index contributed by atoms with van der Waals surface area (Å²) < 4.78 is 13.7. The molecule has 0 atom stereocenters. The number of nitrogens with zero attached hydrogens (tertiary/aromatic N) is 2. The number of aromatic nitrogens is 2. The molecule has 0 spiro atoms. The second-order valence-corrected chi connectivity index (χ2v) is 15.9. The third-order valence-corrected chi connectivity index (χ3v) is 12.0. The van der Waals surface area contributed by atoms with Crippen LogP contribution in [0.25, 0.3) is 11.1 Å². The van der Waals surface area contributed by atoms with Gasteiger partial charge in [0.05, 0.1) is 25.0 Å². The normalized spacial score (nSPS) is 12.1. The summed E-state index contributed by atoms with van der Waals surface area (Å²) in [7, 11) is -0.538. The van der Waals surface area contributed by atoms with Gasteiger partial charge in [-0.05, 0) is 47.3 Å². The fourth-order valence-corrected chi connectivity index (χ4v) is 5.00. The average Bonchev–Trinajstić information content (AvgIpc) is 3.14. The van der Waals surface area contributed by atoms with Gasteiger partial charge >= 0.3 is 5.97 Å². The second kappa shape index (κ2) is 11.8. The van der Waals surface area contributed by atoms with E-state index < -0.39 is 8.32 Å². The molecule has 36 heavy (non-hydrogen) atoms. The van der Waals surface area contributed by atoms with Gasteiger partial charge in [0.25, 0.3) is 0 Å². The highest BCUT2D eigenvalue weighted by atomic mass is 35.5. The van der Waals surface area contributed by atoms with Crippen LogP contribution in [0.1, 0.15) is 68.0 Å². The lowest BCUT2D eigenvalue weighted by Gasteiger charge is -2.36. The first-order valence-electron chi connectivity index (χ1n) is 12.6. The summed E-state index contributed by atoms with van der Waals surface area (Å²) in [4.78, 5) is 16.9. The zero-order valence-electron chi connectivity index (χ0n) is 22.7. The highest BCUT2D eigenvalue weighted by molar-refractivity contribution is 6.74. The quantitative estimate of drug-likeness (QED) is 0.199. The number of unbranched alkanes of at least 4 members (excludes halogenated alkanes) is 1. The van der Waals surface area contributed by atoms with Crippen LogP contribution in [-0.2, 0) is 28.7 Å². The van der Waals surface area contributed by atoms with E-state index in [2.05, 4.69) is 57.5 Å². The van der Waals surface area contributed by atoms with Crippen molar-refractivity contribution in [1.29, 1.82) is 0 Å². The van der Waals surface area contributed by atoms with E-state index in [4.69, 9.17) is 25.7 Å². The molecule has 0 saturated heterocycles. The van der Waals surface area contributed by atoms with E-state index in [1.165, 1.54) is 7.11 Å². The van der Waals surface area contributed by atoms with Crippen LogP contribution in [0.2, 0.25) is 23.3 Å². The molecular weight excluding hydrogens is 488 g/mol. The van der Waals surface area contributed by atoms with Crippen molar-refractivity contribution in [3.8, 4) is 11.1 Å². The van der Waals surface area contributed by atoms with Crippen molar-refractivity contribution in [2.45, 2.75) is 78.2 Å². The van der Waals surface area contributed by atoms with Gasteiger partial charge in [-0.15, -0.1) is 0 Å². The predicted molar refractivity (Wildman–Crippen MR) is 150 cm³/mol. The largest absolute Gasteiger partial charge is 0.465 e. The Morgan fingerprint density at radius 3 is 2.36 bits per heavy atom. The van der Waals surface area contributed by atoms with Crippen LogP contribution in [0.5, 0.6) is 0 Å². The Bertz CT molecular complexity index is 1180. The number of hydrogen-bond donors (Lipinski definition) is 0. The molecule has 0 aliphatic heterocycles. The number of halogens is 1. The summed E-state index contributed by atoms with van der Waals surface area (Å²) in [6.07, 6.45) is 3.02. The lowest BCUT2D eigenvalue weighted by molar-refractivity contribution is 0.0601. The molecule has 3 aromatic rings. The van der Waals surface area contributed by atoms with Crippen LogP contribution >= 0.6 is 11.6 Å². The van der Waals surface area contributed by atoms with Crippen molar-refractivity contribution in [3.63, 3.8) is 0 Å². The lowest BCUT2D eigenvalue weighted by Crippen LogP contribution is -2.40. The minimum atomic E-state index is -1.94. The molecule has 3 rings (SSSR count). The maximum Gasteiger partial charge on any atom is 0.338 e. The van der Waals surface area contributed by atoms with Crippen molar-refractivity contribution in [2.24, 2.45) is 0 Å². The van der Waals surface area contributed by atoms with E-state index in [0.29, 0.717) is 23.9 Å². The van der Waals surface area contributed by atoms with Crippen LogP contribution in [0.4, 0.5) is 0 Å². The SMILES string of the molecule is CCCCc1nc(Cl)c(CO[Si](C)(C)C(C)(C)C)n1Cc1ccc(-c2ccccc2C(=O)OC)cc1. The number of benzene rings is 2. The van der Waals surface area contributed by atoms with Gasteiger partial charge in [-0.25, -0.2) is 9.78 Å². The second-order valence-electron chi connectivity index (χ2n) is 10.7. The molecule has 5 nitrogen and oxygen atoms in total. The van der Waals surface area contributed by atoms with Gasteiger partial charge < -0.3 is 13.7 Å². The van der Waals surface area contributed by atoms with Crippen LogP contribution in [-0.4, -0.2) is 30.9 Å². The van der Waals surface area contributed by atoms with Gasteiger partial charge in [0.2, 0.25) is 0 Å². The van der Waals surface area contributed by atoms with Gasteiger partial charge in [0.1, 0.15) is 5.82 Å². The Balaban J connectivity index is 1.90. The van der Waals surface area contributed by atoms with E-state index >= 15 is 0 Å². The van der Waals surface area contributed by atoms with Crippen molar-refractivity contribution >= 4 is 25.9 Å². The Morgan fingerprint density at radius 1 is 1.08 bits per heavy atom. The summed E-state index contributed by atoms with van der Waals surface area (Å²) >= 11 is 6.66. The number of imidazole rings is 1. The van der Waals surface area contributed by atoms with Crippen LogP contribution in [0.15, 0.2) is 48.5 Å². The Kier molecular flexibility index (Phi) is 9.20. The maximum atomic E-state index is 12.2. The first-order valence-corrected chi connectivity index (χ1v) is 15.9. The van der Waals surface area contributed by atoms with Crippen molar-refractivity contribution in [2.75, 3.05) is 7.11 Å². The fraction of sp³-hybridized carbons (Fsp3) is 0.448. The summed E-state index contributed by atoms with van der Waals surface area (Å²) in [5, 5.41) is 0.648. The molecule has 2 aromatic carbocycles. The van der Waals surface area contributed by atoms with Gasteiger partial charge in [-0.3, -0.25) is 0 Å². The zero-order valence-corrected chi connectivity index (χ0v) is 24.4. The zero-order chi connectivity index (χ0) is 26.5. The van der Waals surface area contributed by atoms with Crippen LogP contribution in [0, 0.1) is 0 Å². The van der Waals surface area contributed by atoms with Crippen molar-refractivity contribution in [1.82, 2.24) is 9.55 Å². The van der Waals surface area contributed by atoms with E-state index in [0.717, 1.165) is 47.5 Å². The van der Waals surface area contributed by atoms with Crippen LogP contribution in [0.3, 0.4) is 0 Å². The third kappa shape index (κ3) is 6.47. The summed E-state index contributed by atoms with van der Waals surface area (Å²) in [5.41, 5.74) is 4.45. The van der Waals surface area contributed by atoms with Crippen molar-refractivity contribution in [3.05, 3.63) is 76.3 Å². The monoisotopic (exact) mass is 526 g/mol. The molecule has 0 N–H and O–H groups in total. The number of carbonyl (C=O) groups is 1. The van der Waals surface area contributed by atoms with Gasteiger partial charge in [0.15, 0.2) is 13.5 Å². The third-order valence-electron chi connectivity index (χ3n) is 7.17. The molecule has 0 aliphatic carbocycles. The number of hydrogen-bond acceptors (Lipinski definition) is 4. The molecule has 0 fully saturated rings. The minimum Gasteiger partial charge on any atom is -0.465 e. The maximum absolute atomic E-state index is 12.2.